The molecule has 1 aliphatic rings. The Morgan fingerprint density at radius 3 is 2.43 bits per heavy atom. The van der Waals surface area contributed by atoms with E-state index in [2.05, 4.69) is 0 Å². The van der Waals surface area contributed by atoms with Crippen molar-refractivity contribution in [3.63, 3.8) is 0 Å². The van der Waals surface area contributed by atoms with Crippen LogP contribution in [0.5, 0.6) is 0 Å². The second-order valence-electron chi connectivity index (χ2n) is 5.43. The Hall–Kier alpha value is -1.92. The molecule has 0 saturated carbocycles. The topological polar surface area (TPSA) is 82.1 Å². The van der Waals surface area contributed by atoms with Crippen molar-refractivity contribution in [2.45, 2.75) is 31.7 Å². The molecule has 114 valence electrons. The van der Waals surface area contributed by atoms with Crippen LogP contribution in [0.25, 0.3) is 0 Å². The van der Waals surface area contributed by atoms with Crippen molar-refractivity contribution in [3.05, 3.63) is 35.4 Å². The van der Waals surface area contributed by atoms with E-state index in [1.165, 1.54) is 33.1 Å². The zero-order chi connectivity index (χ0) is 15.6. The number of ether oxygens (including phenoxy) is 3. The second-order valence-corrected chi connectivity index (χ2v) is 5.43. The molecule has 6 heteroatoms. The molecule has 1 aromatic rings. The summed E-state index contributed by atoms with van der Waals surface area (Å²) in [5.41, 5.74) is -0.865. The molecule has 0 spiro atoms. The Morgan fingerprint density at radius 1 is 1.24 bits per heavy atom. The summed E-state index contributed by atoms with van der Waals surface area (Å²) in [6, 6.07) is 6.06. The van der Waals surface area contributed by atoms with Crippen LogP contribution in [0.1, 0.15) is 34.6 Å². The van der Waals surface area contributed by atoms with Gasteiger partial charge >= 0.3 is 11.9 Å². The van der Waals surface area contributed by atoms with Gasteiger partial charge in [0.05, 0.1) is 16.7 Å². The van der Waals surface area contributed by atoms with Gasteiger partial charge in [0, 0.05) is 7.11 Å². The van der Waals surface area contributed by atoms with Crippen LogP contribution in [0, 0.1) is 0 Å². The molecule has 2 rings (SSSR count). The minimum Gasteiger partial charge on any atom is -0.459 e. The summed E-state index contributed by atoms with van der Waals surface area (Å²) in [6.45, 7) is 2.88. The highest BCUT2D eigenvalue weighted by Crippen LogP contribution is 2.22. The number of methoxy groups -OCH3 is 1. The molecule has 1 heterocycles. The van der Waals surface area contributed by atoms with Crippen molar-refractivity contribution in [3.8, 4) is 0 Å². The van der Waals surface area contributed by atoms with Crippen molar-refractivity contribution in [2.24, 2.45) is 0 Å². The molecule has 1 aromatic carbocycles. The highest BCUT2D eigenvalue weighted by atomic mass is 16.6. The Labute approximate surface area is 122 Å². The minimum absolute atomic E-state index is 0.124. The number of esters is 2. The van der Waals surface area contributed by atoms with Crippen LogP contribution in [0.4, 0.5) is 0 Å². The van der Waals surface area contributed by atoms with E-state index in [0.29, 0.717) is 0 Å². The van der Waals surface area contributed by atoms with Gasteiger partial charge in [-0.05, 0) is 32.0 Å². The van der Waals surface area contributed by atoms with Crippen molar-refractivity contribution < 1.29 is 28.9 Å². The van der Waals surface area contributed by atoms with Crippen molar-refractivity contribution in [1.29, 1.82) is 0 Å². The molecule has 0 amide bonds. The highest BCUT2D eigenvalue weighted by molar-refractivity contribution is 5.95. The van der Waals surface area contributed by atoms with Crippen LogP contribution >= 0.6 is 0 Å². The van der Waals surface area contributed by atoms with Gasteiger partial charge in [0.1, 0.15) is 12.7 Å². The molecule has 0 unspecified atom stereocenters. The van der Waals surface area contributed by atoms with E-state index in [9.17, 15) is 14.7 Å². The fourth-order valence-corrected chi connectivity index (χ4v) is 2.15. The molecule has 1 N–H and O–H groups in total. The monoisotopic (exact) mass is 294 g/mol. The third-order valence-electron chi connectivity index (χ3n) is 3.28. The first-order chi connectivity index (χ1) is 9.82. The van der Waals surface area contributed by atoms with Crippen LogP contribution in [-0.4, -0.2) is 48.6 Å². The van der Waals surface area contributed by atoms with Gasteiger partial charge in [0.25, 0.3) is 0 Å². The third kappa shape index (κ3) is 3.40. The number of hydrogen-bond acceptors (Lipinski definition) is 6. The maximum Gasteiger partial charge on any atom is 0.338 e. The molecular weight excluding hydrogens is 276 g/mol. The lowest BCUT2D eigenvalue weighted by atomic mass is 9.96. The fourth-order valence-electron chi connectivity index (χ4n) is 2.15. The molecule has 0 aromatic heterocycles. The highest BCUT2D eigenvalue weighted by Gasteiger charge is 2.39. The fraction of sp³-hybridized carbons (Fsp3) is 0.467. The van der Waals surface area contributed by atoms with Crippen molar-refractivity contribution in [1.82, 2.24) is 0 Å². The van der Waals surface area contributed by atoms with Crippen LogP contribution < -0.4 is 0 Å². The summed E-state index contributed by atoms with van der Waals surface area (Å²) in [5.74, 6) is -1.18. The maximum absolute atomic E-state index is 12.2. The molecule has 1 aliphatic heterocycles. The zero-order valence-corrected chi connectivity index (χ0v) is 12.2. The number of aliphatic hydroxyl groups is 1. The SMILES string of the molecule is CO[C@@H]1COC(=O)c2cccc(c2)C(=O)O[C@H]1C(C)(C)O. The van der Waals surface area contributed by atoms with Crippen molar-refractivity contribution >= 4 is 11.9 Å². The molecule has 0 saturated heterocycles. The van der Waals surface area contributed by atoms with Gasteiger partial charge in [-0.1, -0.05) is 6.07 Å². The van der Waals surface area contributed by atoms with E-state index < -0.39 is 29.7 Å². The Balaban J connectivity index is 2.42. The van der Waals surface area contributed by atoms with E-state index in [-0.39, 0.29) is 17.7 Å². The largest absolute Gasteiger partial charge is 0.459 e. The number of carbonyl (C=O) groups excluding carboxylic acids is 2. The zero-order valence-electron chi connectivity index (χ0n) is 12.2. The van der Waals surface area contributed by atoms with E-state index in [1.807, 2.05) is 0 Å². The van der Waals surface area contributed by atoms with Gasteiger partial charge in [-0.25, -0.2) is 9.59 Å². The summed E-state index contributed by atoms with van der Waals surface area (Å²) in [5, 5.41) is 10.2. The number of hydrogen-bond donors (Lipinski definition) is 1. The van der Waals surface area contributed by atoms with Crippen LogP contribution in [0.15, 0.2) is 24.3 Å². The third-order valence-corrected chi connectivity index (χ3v) is 3.28. The quantitative estimate of drug-likeness (QED) is 0.824. The van der Waals surface area contributed by atoms with Crippen LogP contribution in [0.2, 0.25) is 0 Å². The normalized spacial score (nSPS) is 23.2. The van der Waals surface area contributed by atoms with E-state index in [1.54, 1.807) is 12.1 Å². The number of fused-ring (bicyclic) bond motifs is 2. The average Bonchev–Trinajstić information content (AvgIpc) is 2.44. The predicted molar refractivity (Wildman–Crippen MR) is 73.0 cm³/mol. The Morgan fingerprint density at radius 2 is 1.86 bits per heavy atom. The maximum atomic E-state index is 12.2. The molecule has 2 bridgehead atoms. The van der Waals surface area contributed by atoms with E-state index >= 15 is 0 Å². The standard InChI is InChI=1S/C15H18O6/c1-15(2,18)12-11(19-3)8-20-13(16)9-5-4-6-10(7-9)14(17)21-12/h4-7,11-12,18H,8H2,1-3H3/t11-,12-/m1/s1. The molecule has 0 fully saturated rings. The molecular formula is C15H18O6. The Bertz CT molecular complexity index is 545. The average molecular weight is 294 g/mol. The van der Waals surface area contributed by atoms with Gasteiger partial charge in [-0.2, -0.15) is 0 Å². The van der Waals surface area contributed by atoms with Gasteiger partial charge in [-0.3, -0.25) is 0 Å². The van der Waals surface area contributed by atoms with Crippen LogP contribution in [-0.2, 0) is 14.2 Å². The van der Waals surface area contributed by atoms with E-state index in [4.69, 9.17) is 14.2 Å². The van der Waals surface area contributed by atoms with Gasteiger partial charge in [-0.15, -0.1) is 0 Å². The van der Waals surface area contributed by atoms with Gasteiger partial charge in [0.2, 0.25) is 0 Å². The molecule has 21 heavy (non-hydrogen) atoms. The minimum atomic E-state index is -1.35. The smallest absolute Gasteiger partial charge is 0.338 e. The van der Waals surface area contributed by atoms with Crippen LogP contribution in [0.3, 0.4) is 0 Å². The first-order valence-electron chi connectivity index (χ1n) is 6.56. The lowest BCUT2D eigenvalue weighted by Crippen LogP contribution is -2.50. The summed E-state index contributed by atoms with van der Waals surface area (Å²) >= 11 is 0. The summed E-state index contributed by atoms with van der Waals surface area (Å²) in [4.78, 5) is 24.1. The summed E-state index contributed by atoms with van der Waals surface area (Å²) in [7, 11) is 1.40. The summed E-state index contributed by atoms with van der Waals surface area (Å²) < 4.78 is 15.7. The lowest BCUT2D eigenvalue weighted by Gasteiger charge is -2.34. The van der Waals surface area contributed by atoms with E-state index in [0.717, 1.165) is 0 Å². The molecule has 0 aliphatic carbocycles. The molecule has 2 atom stereocenters. The van der Waals surface area contributed by atoms with Crippen molar-refractivity contribution in [2.75, 3.05) is 13.7 Å². The second kappa shape index (κ2) is 5.83. The molecule has 0 radical (unpaired) electrons. The molecule has 6 nitrogen and oxygen atoms in total. The first kappa shape index (κ1) is 15.5. The van der Waals surface area contributed by atoms with Gasteiger partial charge < -0.3 is 19.3 Å². The predicted octanol–water partition coefficient (Wildman–Crippen LogP) is 1.17. The first-order valence-corrected chi connectivity index (χ1v) is 6.56. The number of benzene rings is 1. The summed E-state index contributed by atoms with van der Waals surface area (Å²) in [6.07, 6.45) is -1.73. The number of cyclic esters (lactones) is 2. The van der Waals surface area contributed by atoms with Gasteiger partial charge in [0.15, 0.2) is 6.10 Å². The number of rotatable bonds is 2. The number of carbonyl (C=O) groups is 2. The lowest BCUT2D eigenvalue weighted by molar-refractivity contribution is -0.135. The Kier molecular flexibility index (Phi) is 4.29.